The van der Waals surface area contributed by atoms with Crippen molar-refractivity contribution in [3.05, 3.63) is 28.2 Å². The largest absolute Gasteiger partial charge is 0.342 e. The molecule has 1 aliphatic heterocycles. The third kappa shape index (κ3) is 3.69. The molecule has 116 valence electrons. The smallest absolute Gasteiger partial charge is 0.244 e. The fourth-order valence-corrected chi connectivity index (χ4v) is 4.47. The quantitative estimate of drug-likeness (QED) is 0.821. The summed E-state index contributed by atoms with van der Waals surface area (Å²) in [4.78, 5) is 13.1. The van der Waals surface area contributed by atoms with Gasteiger partial charge in [-0.05, 0) is 24.6 Å². The van der Waals surface area contributed by atoms with Crippen LogP contribution in [0.15, 0.2) is 23.1 Å². The first-order chi connectivity index (χ1) is 9.82. The molecule has 0 saturated carbocycles. The molecule has 1 fully saturated rings. The first kappa shape index (κ1) is 16.5. The van der Waals surface area contributed by atoms with Gasteiger partial charge in [-0.25, -0.2) is 8.42 Å². The van der Waals surface area contributed by atoms with Crippen molar-refractivity contribution in [3.63, 3.8) is 0 Å². The number of amides is 1. The molecule has 0 atom stereocenters. The third-order valence-corrected chi connectivity index (χ3v) is 6.03. The molecular formula is C13H16Cl2N2O3S. The minimum Gasteiger partial charge on any atom is -0.342 e. The summed E-state index contributed by atoms with van der Waals surface area (Å²) in [6.45, 7) is 3.04. The lowest BCUT2D eigenvalue weighted by Crippen LogP contribution is -2.36. The second-order valence-corrected chi connectivity index (χ2v) is 7.59. The van der Waals surface area contributed by atoms with Gasteiger partial charge in [0, 0.05) is 38.1 Å². The van der Waals surface area contributed by atoms with E-state index in [-0.39, 0.29) is 22.4 Å². The molecule has 0 aromatic heterocycles. The molecule has 1 aliphatic rings. The molecule has 0 N–H and O–H groups in total. The van der Waals surface area contributed by atoms with E-state index in [4.69, 9.17) is 23.2 Å². The molecule has 8 heteroatoms. The summed E-state index contributed by atoms with van der Waals surface area (Å²) in [7, 11) is -3.71. The molecule has 0 aliphatic carbocycles. The Morgan fingerprint density at radius 2 is 1.86 bits per heavy atom. The van der Waals surface area contributed by atoms with E-state index in [9.17, 15) is 13.2 Å². The van der Waals surface area contributed by atoms with Gasteiger partial charge < -0.3 is 4.90 Å². The zero-order chi connectivity index (χ0) is 15.6. The highest BCUT2D eigenvalue weighted by atomic mass is 35.5. The van der Waals surface area contributed by atoms with E-state index in [0.717, 1.165) is 0 Å². The van der Waals surface area contributed by atoms with Crippen LogP contribution >= 0.6 is 23.2 Å². The van der Waals surface area contributed by atoms with E-state index in [1.54, 1.807) is 11.0 Å². The van der Waals surface area contributed by atoms with Gasteiger partial charge in [0.2, 0.25) is 15.9 Å². The minimum absolute atomic E-state index is 0.00735. The molecule has 0 radical (unpaired) electrons. The predicted molar refractivity (Wildman–Crippen MR) is 82.1 cm³/mol. The molecule has 0 spiro atoms. The molecule has 5 nitrogen and oxygen atoms in total. The summed E-state index contributed by atoms with van der Waals surface area (Å²) >= 11 is 11.9. The average molecular weight is 351 g/mol. The maximum atomic E-state index is 12.7. The Kier molecular flexibility index (Phi) is 5.14. The summed E-state index contributed by atoms with van der Waals surface area (Å²) in [5.74, 6) is -0.0463. The second-order valence-electron chi connectivity index (χ2n) is 4.84. The standard InChI is InChI=1S/C13H16Cl2N2O3S/c1-10(18)16-5-2-6-17(8-7-16)21(19,20)13-9-11(14)3-4-12(13)15/h3-4,9H,2,5-8H2,1H3. The number of rotatable bonds is 2. The molecule has 1 amide bonds. The van der Waals surface area contributed by atoms with E-state index in [0.29, 0.717) is 31.1 Å². The van der Waals surface area contributed by atoms with Gasteiger partial charge in [0.15, 0.2) is 0 Å². The van der Waals surface area contributed by atoms with E-state index in [1.165, 1.54) is 23.4 Å². The van der Waals surface area contributed by atoms with E-state index < -0.39 is 10.0 Å². The van der Waals surface area contributed by atoms with E-state index >= 15 is 0 Å². The predicted octanol–water partition coefficient (Wildman–Crippen LogP) is 2.24. The highest BCUT2D eigenvalue weighted by molar-refractivity contribution is 7.89. The van der Waals surface area contributed by atoms with Crippen molar-refractivity contribution in [1.82, 2.24) is 9.21 Å². The first-order valence-electron chi connectivity index (χ1n) is 6.53. The highest BCUT2D eigenvalue weighted by Crippen LogP contribution is 2.28. The summed E-state index contributed by atoms with van der Waals surface area (Å²) in [5, 5.41) is 0.463. The van der Waals surface area contributed by atoms with Crippen LogP contribution in [0.1, 0.15) is 13.3 Å². The number of hydrogen-bond donors (Lipinski definition) is 0. The third-order valence-electron chi connectivity index (χ3n) is 3.41. The molecule has 0 unspecified atom stereocenters. The Bertz CT molecular complexity index is 649. The van der Waals surface area contributed by atoms with Crippen molar-refractivity contribution >= 4 is 39.1 Å². The first-order valence-corrected chi connectivity index (χ1v) is 8.72. The summed E-state index contributed by atoms with van der Waals surface area (Å²) < 4.78 is 26.7. The Hall–Kier alpha value is -0.820. The van der Waals surface area contributed by atoms with Crippen molar-refractivity contribution in [2.24, 2.45) is 0 Å². The van der Waals surface area contributed by atoms with Gasteiger partial charge in [-0.1, -0.05) is 23.2 Å². The lowest BCUT2D eigenvalue weighted by atomic mass is 10.4. The van der Waals surface area contributed by atoms with Crippen LogP contribution in [0.25, 0.3) is 0 Å². The van der Waals surface area contributed by atoms with Crippen LogP contribution < -0.4 is 0 Å². The van der Waals surface area contributed by atoms with Gasteiger partial charge in [0.25, 0.3) is 0 Å². The van der Waals surface area contributed by atoms with Crippen LogP contribution in [0.4, 0.5) is 0 Å². The lowest BCUT2D eigenvalue weighted by molar-refractivity contribution is -0.128. The van der Waals surface area contributed by atoms with Gasteiger partial charge in [-0.3, -0.25) is 4.79 Å². The maximum absolute atomic E-state index is 12.7. The van der Waals surface area contributed by atoms with Crippen LogP contribution in [0, 0.1) is 0 Å². The second kappa shape index (κ2) is 6.52. The molecule has 1 aromatic carbocycles. The number of benzene rings is 1. The normalized spacial score (nSPS) is 17.6. The van der Waals surface area contributed by atoms with Crippen LogP contribution in [-0.4, -0.2) is 49.7 Å². The lowest BCUT2D eigenvalue weighted by Gasteiger charge is -2.21. The van der Waals surface area contributed by atoms with Gasteiger partial charge in [-0.15, -0.1) is 0 Å². The summed E-state index contributed by atoms with van der Waals surface area (Å²) in [6.07, 6.45) is 0.594. The van der Waals surface area contributed by atoms with Gasteiger partial charge >= 0.3 is 0 Å². The Labute approximate surface area is 134 Å². The molecule has 1 aromatic rings. The van der Waals surface area contributed by atoms with Crippen LogP contribution in [0.3, 0.4) is 0 Å². The highest BCUT2D eigenvalue weighted by Gasteiger charge is 2.29. The maximum Gasteiger partial charge on any atom is 0.244 e. The zero-order valence-electron chi connectivity index (χ0n) is 11.6. The average Bonchev–Trinajstić information content (AvgIpc) is 2.67. The van der Waals surface area contributed by atoms with Crippen molar-refractivity contribution in [2.45, 2.75) is 18.2 Å². The summed E-state index contributed by atoms with van der Waals surface area (Å²) in [5.41, 5.74) is 0. The van der Waals surface area contributed by atoms with Gasteiger partial charge in [-0.2, -0.15) is 4.31 Å². The van der Waals surface area contributed by atoms with Crippen LogP contribution in [0.2, 0.25) is 10.0 Å². The van der Waals surface area contributed by atoms with E-state index in [2.05, 4.69) is 0 Å². The molecule has 0 bridgehead atoms. The fourth-order valence-electron chi connectivity index (χ4n) is 2.26. The molecule has 2 rings (SSSR count). The number of nitrogens with zero attached hydrogens (tertiary/aromatic N) is 2. The molecule has 1 saturated heterocycles. The Balaban J connectivity index is 2.27. The number of halogens is 2. The van der Waals surface area contributed by atoms with Crippen molar-refractivity contribution < 1.29 is 13.2 Å². The monoisotopic (exact) mass is 350 g/mol. The molecular weight excluding hydrogens is 335 g/mol. The topological polar surface area (TPSA) is 57.7 Å². The van der Waals surface area contributed by atoms with Crippen LogP contribution in [-0.2, 0) is 14.8 Å². The van der Waals surface area contributed by atoms with Crippen molar-refractivity contribution in [1.29, 1.82) is 0 Å². The SMILES string of the molecule is CC(=O)N1CCCN(S(=O)(=O)c2cc(Cl)ccc2Cl)CC1. The summed E-state index contributed by atoms with van der Waals surface area (Å²) in [6, 6.07) is 4.37. The van der Waals surface area contributed by atoms with Gasteiger partial charge in [0.05, 0.1) is 5.02 Å². The van der Waals surface area contributed by atoms with Crippen LogP contribution in [0.5, 0.6) is 0 Å². The van der Waals surface area contributed by atoms with Crippen molar-refractivity contribution in [3.8, 4) is 0 Å². The minimum atomic E-state index is -3.71. The number of carbonyl (C=O) groups excluding carboxylic acids is 1. The zero-order valence-corrected chi connectivity index (χ0v) is 13.9. The van der Waals surface area contributed by atoms with E-state index in [1.807, 2.05) is 0 Å². The number of carbonyl (C=O) groups is 1. The Morgan fingerprint density at radius 3 is 2.52 bits per heavy atom. The molecule has 1 heterocycles. The fraction of sp³-hybridized carbons (Fsp3) is 0.462. The van der Waals surface area contributed by atoms with Crippen molar-refractivity contribution in [2.75, 3.05) is 26.2 Å². The Morgan fingerprint density at radius 1 is 1.14 bits per heavy atom. The molecule has 21 heavy (non-hydrogen) atoms. The van der Waals surface area contributed by atoms with Gasteiger partial charge in [0.1, 0.15) is 4.90 Å². The number of sulfonamides is 1. The number of hydrogen-bond acceptors (Lipinski definition) is 3.